The van der Waals surface area contributed by atoms with Gasteiger partial charge in [0.05, 0.1) is 29.1 Å². The van der Waals surface area contributed by atoms with E-state index in [1.54, 1.807) is 6.26 Å². The van der Waals surface area contributed by atoms with E-state index in [1.807, 2.05) is 13.0 Å². The van der Waals surface area contributed by atoms with Crippen molar-refractivity contribution in [3.8, 4) is 11.4 Å². The maximum atomic E-state index is 5.42. The molecule has 1 N–H and O–H groups in total. The molecule has 3 aromatic heterocycles. The lowest BCUT2D eigenvalue weighted by molar-refractivity contribution is 0.352. The number of nitrogens with one attached hydrogen (secondary N) is 1. The van der Waals surface area contributed by atoms with Gasteiger partial charge < -0.3 is 8.94 Å². The zero-order chi connectivity index (χ0) is 13.5. The summed E-state index contributed by atoms with van der Waals surface area (Å²) in [5, 5.41) is 15.1. The summed E-state index contributed by atoms with van der Waals surface area (Å²) in [7, 11) is 0. The quantitative estimate of drug-likeness (QED) is 0.768. The summed E-state index contributed by atoms with van der Waals surface area (Å²) in [4.78, 5) is 4.50. The van der Waals surface area contributed by atoms with E-state index in [2.05, 4.69) is 25.6 Å². The van der Waals surface area contributed by atoms with Crippen molar-refractivity contribution < 1.29 is 8.94 Å². The molecule has 0 aromatic carbocycles. The van der Waals surface area contributed by atoms with E-state index in [1.165, 1.54) is 0 Å². The van der Waals surface area contributed by atoms with Crippen LogP contribution in [0.1, 0.15) is 41.8 Å². The summed E-state index contributed by atoms with van der Waals surface area (Å²) in [5.74, 6) is 1.96. The summed E-state index contributed by atoms with van der Waals surface area (Å²) in [6.07, 6.45) is 4.57. The van der Waals surface area contributed by atoms with E-state index in [4.69, 9.17) is 8.94 Å². The first-order valence-corrected chi connectivity index (χ1v) is 6.60. The van der Waals surface area contributed by atoms with Crippen molar-refractivity contribution >= 4 is 0 Å². The van der Waals surface area contributed by atoms with Crippen molar-refractivity contribution in [2.45, 2.75) is 32.1 Å². The maximum absolute atomic E-state index is 5.42. The Morgan fingerprint density at radius 3 is 3.15 bits per heavy atom. The zero-order valence-electron chi connectivity index (χ0n) is 11.0. The van der Waals surface area contributed by atoms with E-state index in [0.29, 0.717) is 11.7 Å². The van der Waals surface area contributed by atoms with Gasteiger partial charge in [0.25, 0.3) is 0 Å². The summed E-state index contributed by atoms with van der Waals surface area (Å²) in [5.41, 5.74) is 2.78. The predicted octanol–water partition coefficient (Wildman–Crippen LogP) is 2.22. The first-order valence-electron chi connectivity index (χ1n) is 6.60. The SMILES string of the molecule is Cc1occc1-c1noc(C2CCCc3n[nH]nc32)n1. The Labute approximate surface area is 114 Å². The van der Waals surface area contributed by atoms with Crippen molar-refractivity contribution in [3.63, 3.8) is 0 Å². The molecule has 0 saturated carbocycles. The molecule has 0 amide bonds. The lowest BCUT2D eigenvalue weighted by Gasteiger charge is -2.15. The number of H-pyrrole nitrogens is 1. The largest absolute Gasteiger partial charge is 0.469 e. The van der Waals surface area contributed by atoms with Gasteiger partial charge in [-0.1, -0.05) is 5.16 Å². The fraction of sp³-hybridized carbons (Fsp3) is 0.385. The minimum Gasteiger partial charge on any atom is -0.469 e. The number of rotatable bonds is 2. The number of nitrogens with zero attached hydrogens (tertiary/aromatic N) is 4. The third kappa shape index (κ3) is 1.66. The van der Waals surface area contributed by atoms with Crippen LogP contribution in [-0.2, 0) is 6.42 Å². The van der Waals surface area contributed by atoms with Crippen LogP contribution in [0.3, 0.4) is 0 Å². The van der Waals surface area contributed by atoms with Crippen molar-refractivity contribution in [2.75, 3.05) is 0 Å². The lowest BCUT2D eigenvalue weighted by Crippen LogP contribution is -2.11. The molecule has 0 saturated heterocycles. The summed E-state index contributed by atoms with van der Waals surface area (Å²) in [6, 6.07) is 1.84. The van der Waals surface area contributed by atoms with Crippen molar-refractivity contribution in [1.82, 2.24) is 25.6 Å². The van der Waals surface area contributed by atoms with E-state index < -0.39 is 0 Å². The van der Waals surface area contributed by atoms with Gasteiger partial charge in [0.1, 0.15) is 5.76 Å². The van der Waals surface area contributed by atoms with Crippen LogP contribution < -0.4 is 0 Å². The number of aryl methyl sites for hydroxylation is 2. The molecule has 0 spiro atoms. The topological polar surface area (TPSA) is 93.6 Å². The van der Waals surface area contributed by atoms with Gasteiger partial charge in [0, 0.05) is 0 Å². The van der Waals surface area contributed by atoms with Gasteiger partial charge in [0.2, 0.25) is 11.7 Å². The predicted molar refractivity (Wildman–Crippen MR) is 67.9 cm³/mol. The van der Waals surface area contributed by atoms with Crippen molar-refractivity contribution in [3.05, 3.63) is 35.4 Å². The second-order valence-electron chi connectivity index (χ2n) is 4.95. The second-order valence-corrected chi connectivity index (χ2v) is 4.95. The van der Waals surface area contributed by atoms with E-state index in [0.717, 1.165) is 42.0 Å². The normalized spacial score (nSPS) is 18.1. The van der Waals surface area contributed by atoms with Gasteiger partial charge in [-0.05, 0) is 32.3 Å². The van der Waals surface area contributed by atoms with E-state index >= 15 is 0 Å². The van der Waals surface area contributed by atoms with Crippen LogP contribution in [0.2, 0.25) is 0 Å². The molecule has 102 valence electrons. The molecule has 7 nitrogen and oxygen atoms in total. The zero-order valence-corrected chi connectivity index (χ0v) is 11.0. The summed E-state index contributed by atoms with van der Waals surface area (Å²) >= 11 is 0. The first-order chi connectivity index (χ1) is 9.83. The maximum Gasteiger partial charge on any atom is 0.236 e. The average Bonchev–Trinajstić information content (AvgIpc) is 3.17. The Balaban J connectivity index is 1.72. The highest BCUT2D eigenvalue weighted by atomic mass is 16.5. The molecule has 1 aliphatic rings. The third-order valence-electron chi connectivity index (χ3n) is 3.73. The molecule has 1 aliphatic carbocycles. The third-order valence-corrected chi connectivity index (χ3v) is 3.73. The van der Waals surface area contributed by atoms with Crippen molar-refractivity contribution in [2.24, 2.45) is 0 Å². The Kier molecular flexibility index (Phi) is 2.45. The van der Waals surface area contributed by atoms with Gasteiger partial charge in [-0.25, -0.2) is 0 Å². The Bertz CT molecular complexity index is 741. The molecule has 1 atom stereocenters. The highest BCUT2D eigenvalue weighted by Crippen LogP contribution is 2.34. The van der Waals surface area contributed by atoms with Crippen molar-refractivity contribution in [1.29, 1.82) is 0 Å². The Hall–Kier alpha value is -2.44. The van der Waals surface area contributed by atoms with Crippen LogP contribution >= 0.6 is 0 Å². The van der Waals surface area contributed by atoms with Gasteiger partial charge >= 0.3 is 0 Å². The molecule has 20 heavy (non-hydrogen) atoms. The van der Waals surface area contributed by atoms with E-state index in [-0.39, 0.29) is 5.92 Å². The average molecular weight is 271 g/mol. The number of furan rings is 1. The smallest absolute Gasteiger partial charge is 0.236 e. The molecule has 1 unspecified atom stereocenters. The fourth-order valence-electron chi connectivity index (χ4n) is 2.68. The Morgan fingerprint density at radius 1 is 1.35 bits per heavy atom. The van der Waals surface area contributed by atoms with Crippen LogP contribution in [-0.4, -0.2) is 25.6 Å². The first kappa shape index (κ1) is 11.4. The Morgan fingerprint density at radius 2 is 2.30 bits per heavy atom. The highest BCUT2D eigenvalue weighted by molar-refractivity contribution is 5.56. The monoisotopic (exact) mass is 271 g/mol. The molecule has 3 aromatic rings. The molecular weight excluding hydrogens is 258 g/mol. The number of aromatic amines is 1. The molecule has 0 fully saturated rings. The molecule has 7 heteroatoms. The molecular formula is C13H13N5O2. The second kappa shape index (κ2) is 4.29. The van der Waals surface area contributed by atoms with Crippen LogP contribution in [0.25, 0.3) is 11.4 Å². The van der Waals surface area contributed by atoms with Crippen LogP contribution in [0.5, 0.6) is 0 Å². The highest BCUT2D eigenvalue weighted by Gasteiger charge is 2.30. The lowest BCUT2D eigenvalue weighted by atomic mass is 9.90. The summed E-state index contributed by atoms with van der Waals surface area (Å²) in [6.45, 7) is 1.88. The van der Waals surface area contributed by atoms with Gasteiger partial charge in [0.15, 0.2) is 0 Å². The molecule has 0 radical (unpaired) electrons. The van der Waals surface area contributed by atoms with E-state index in [9.17, 15) is 0 Å². The number of hydrogen-bond acceptors (Lipinski definition) is 6. The van der Waals surface area contributed by atoms with Gasteiger partial charge in [-0.15, -0.1) is 0 Å². The van der Waals surface area contributed by atoms with Crippen LogP contribution in [0.4, 0.5) is 0 Å². The molecule has 0 bridgehead atoms. The fourth-order valence-corrected chi connectivity index (χ4v) is 2.68. The van der Waals surface area contributed by atoms with Crippen LogP contribution in [0.15, 0.2) is 21.3 Å². The minimum absolute atomic E-state index is 0.0333. The number of fused-ring (bicyclic) bond motifs is 1. The van der Waals surface area contributed by atoms with Gasteiger partial charge in [-0.3, -0.25) is 0 Å². The molecule has 0 aliphatic heterocycles. The minimum atomic E-state index is 0.0333. The van der Waals surface area contributed by atoms with Crippen LogP contribution in [0, 0.1) is 6.92 Å². The number of aromatic nitrogens is 5. The standard InChI is InChI=1S/C13H13N5O2/c1-7-8(5-6-19-7)12-14-13(20-17-12)9-3-2-4-10-11(9)16-18-15-10/h5-6,9H,2-4H2,1H3,(H,15,16,18). The summed E-state index contributed by atoms with van der Waals surface area (Å²) < 4.78 is 10.7. The molecule has 3 heterocycles. The molecule has 4 rings (SSSR count). The van der Waals surface area contributed by atoms with Gasteiger partial charge in [-0.2, -0.15) is 20.4 Å². The number of hydrogen-bond donors (Lipinski definition) is 1.